The highest BCUT2D eigenvalue weighted by molar-refractivity contribution is 7.80. The molecule has 0 spiro atoms. The molecule has 0 saturated carbocycles. The van der Waals surface area contributed by atoms with Gasteiger partial charge < -0.3 is 10.6 Å². The van der Waals surface area contributed by atoms with Gasteiger partial charge in [0.15, 0.2) is 0 Å². The first-order valence-electron chi connectivity index (χ1n) is 6.50. The van der Waals surface area contributed by atoms with E-state index in [4.69, 9.17) is 18.0 Å². The zero-order valence-corrected chi connectivity index (χ0v) is 12.3. The predicted octanol–water partition coefficient (Wildman–Crippen LogP) is 2.47. The van der Waals surface area contributed by atoms with Crippen molar-refractivity contribution in [3.8, 4) is 0 Å². The Kier molecular flexibility index (Phi) is 5.01. The van der Waals surface area contributed by atoms with Crippen molar-refractivity contribution in [2.75, 3.05) is 11.4 Å². The van der Waals surface area contributed by atoms with Gasteiger partial charge in [-0.2, -0.15) is 0 Å². The normalized spacial score (nSPS) is 10.2. The van der Waals surface area contributed by atoms with Crippen LogP contribution in [0.1, 0.15) is 17.5 Å². The molecule has 2 aromatic heterocycles. The van der Waals surface area contributed by atoms with Crippen LogP contribution in [0.5, 0.6) is 0 Å². The number of aromatic nitrogens is 2. The van der Waals surface area contributed by atoms with E-state index >= 15 is 0 Å². The monoisotopic (exact) mass is 286 g/mol. The maximum Gasteiger partial charge on any atom is 0.128 e. The molecule has 5 heteroatoms. The van der Waals surface area contributed by atoms with Crippen LogP contribution < -0.4 is 10.6 Å². The zero-order chi connectivity index (χ0) is 14.4. The van der Waals surface area contributed by atoms with E-state index in [1.165, 1.54) is 0 Å². The molecule has 2 rings (SSSR count). The fourth-order valence-corrected chi connectivity index (χ4v) is 1.97. The fraction of sp³-hybridized carbons (Fsp3) is 0.267. The number of rotatable bonds is 6. The molecule has 4 nitrogen and oxygen atoms in total. The van der Waals surface area contributed by atoms with E-state index in [-0.39, 0.29) is 0 Å². The minimum Gasteiger partial charge on any atom is -0.393 e. The number of hydrogen-bond acceptors (Lipinski definition) is 4. The molecule has 0 amide bonds. The summed E-state index contributed by atoms with van der Waals surface area (Å²) in [6.45, 7) is 3.52. The maximum absolute atomic E-state index is 5.61. The van der Waals surface area contributed by atoms with E-state index < -0.39 is 0 Å². The SMILES string of the molecule is Cc1ccc(N(CCC(N)=S)Cc2cccnc2)nc1. The van der Waals surface area contributed by atoms with Gasteiger partial charge in [0.25, 0.3) is 0 Å². The molecular weight excluding hydrogens is 268 g/mol. The first-order chi connectivity index (χ1) is 9.65. The Morgan fingerprint density at radius 3 is 2.75 bits per heavy atom. The highest BCUT2D eigenvalue weighted by atomic mass is 32.1. The summed E-state index contributed by atoms with van der Waals surface area (Å²) in [5.41, 5.74) is 7.89. The number of aryl methyl sites for hydroxylation is 1. The van der Waals surface area contributed by atoms with E-state index in [1.54, 1.807) is 6.20 Å². The molecule has 0 aliphatic heterocycles. The molecule has 104 valence electrons. The van der Waals surface area contributed by atoms with Crippen molar-refractivity contribution in [2.45, 2.75) is 19.9 Å². The molecule has 2 N–H and O–H groups in total. The van der Waals surface area contributed by atoms with Gasteiger partial charge in [0.1, 0.15) is 5.82 Å². The average molecular weight is 286 g/mol. The number of pyridine rings is 2. The van der Waals surface area contributed by atoms with Gasteiger partial charge in [-0.05, 0) is 30.2 Å². The molecule has 0 aliphatic rings. The quantitative estimate of drug-likeness (QED) is 0.827. The number of hydrogen-bond donors (Lipinski definition) is 1. The van der Waals surface area contributed by atoms with Crippen molar-refractivity contribution in [2.24, 2.45) is 5.73 Å². The molecule has 2 heterocycles. The Hall–Kier alpha value is -2.01. The molecule has 0 atom stereocenters. The average Bonchev–Trinajstić information content (AvgIpc) is 2.45. The predicted molar refractivity (Wildman–Crippen MR) is 85.7 cm³/mol. The number of nitrogens with zero attached hydrogens (tertiary/aromatic N) is 3. The van der Waals surface area contributed by atoms with Crippen LogP contribution in [-0.2, 0) is 6.54 Å². The first kappa shape index (κ1) is 14.4. The lowest BCUT2D eigenvalue weighted by Gasteiger charge is -2.23. The van der Waals surface area contributed by atoms with Crippen molar-refractivity contribution >= 4 is 23.0 Å². The molecule has 20 heavy (non-hydrogen) atoms. The molecule has 0 radical (unpaired) electrons. The van der Waals surface area contributed by atoms with E-state index in [2.05, 4.69) is 27.0 Å². The molecule has 0 aliphatic carbocycles. The zero-order valence-electron chi connectivity index (χ0n) is 11.5. The fourth-order valence-electron chi connectivity index (χ4n) is 1.88. The van der Waals surface area contributed by atoms with Crippen LogP contribution in [0, 0.1) is 6.92 Å². The van der Waals surface area contributed by atoms with Crippen LogP contribution in [0.2, 0.25) is 0 Å². The maximum atomic E-state index is 5.61. The van der Waals surface area contributed by atoms with Gasteiger partial charge in [-0.25, -0.2) is 4.98 Å². The highest BCUT2D eigenvalue weighted by Gasteiger charge is 2.09. The summed E-state index contributed by atoms with van der Waals surface area (Å²) in [5.74, 6) is 0.927. The van der Waals surface area contributed by atoms with Crippen molar-refractivity contribution < 1.29 is 0 Å². The largest absolute Gasteiger partial charge is 0.393 e. The van der Waals surface area contributed by atoms with Gasteiger partial charge in [0, 0.05) is 38.1 Å². The van der Waals surface area contributed by atoms with Crippen LogP contribution >= 0.6 is 12.2 Å². The van der Waals surface area contributed by atoms with Gasteiger partial charge in [-0.15, -0.1) is 0 Å². The smallest absolute Gasteiger partial charge is 0.128 e. The lowest BCUT2D eigenvalue weighted by Crippen LogP contribution is -2.27. The van der Waals surface area contributed by atoms with E-state index in [0.29, 0.717) is 11.4 Å². The van der Waals surface area contributed by atoms with Crippen molar-refractivity contribution in [1.82, 2.24) is 9.97 Å². The molecular formula is C15H18N4S. The Balaban J connectivity index is 2.15. The third-order valence-electron chi connectivity index (χ3n) is 2.94. The Bertz CT molecular complexity index is 554. The van der Waals surface area contributed by atoms with Gasteiger partial charge in [-0.1, -0.05) is 24.4 Å². The van der Waals surface area contributed by atoms with Crippen LogP contribution in [0.25, 0.3) is 0 Å². The molecule has 0 unspecified atom stereocenters. The Morgan fingerprint density at radius 2 is 2.15 bits per heavy atom. The van der Waals surface area contributed by atoms with Crippen LogP contribution in [-0.4, -0.2) is 21.5 Å². The summed E-state index contributed by atoms with van der Waals surface area (Å²) >= 11 is 4.97. The molecule has 0 fully saturated rings. The van der Waals surface area contributed by atoms with E-state index in [0.717, 1.165) is 30.0 Å². The first-order valence-corrected chi connectivity index (χ1v) is 6.91. The second-order valence-corrected chi connectivity index (χ2v) is 5.22. The third kappa shape index (κ3) is 4.28. The van der Waals surface area contributed by atoms with Gasteiger partial charge in [0.05, 0.1) is 4.99 Å². The summed E-state index contributed by atoms with van der Waals surface area (Å²) in [7, 11) is 0. The minimum absolute atomic E-state index is 0.522. The van der Waals surface area contributed by atoms with Crippen LogP contribution in [0.4, 0.5) is 5.82 Å². The number of anilines is 1. The summed E-state index contributed by atoms with van der Waals surface area (Å²) in [5, 5.41) is 0. The molecule has 0 saturated heterocycles. The van der Waals surface area contributed by atoms with E-state index in [9.17, 15) is 0 Å². The Labute approximate surface area is 124 Å². The van der Waals surface area contributed by atoms with Gasteiger partial charge in [0.2, 0.25) is 0 Å². The molecule has 2 aromatic rings. The second-order valence-electron chi connectivity index (χ2n) is 4.69. The van der Waals surface area contributed by atoms with Crippen molar-refractivity contribution in [3.63, 3.8) is 0 Å². The standard InChI is InChI=1S/C15H18N4S/c1-12-4-5-15(18-9-12)19(8-6-14(16)20)11-13-3-2-7-17-10-13/h2-5,7,9-10H,6,8,11H2,1H3,(H2,16,20). The lowest BCUT2D eigenvalue weighted by atomic mass is 10.2. The second kappa shape index (κ2) is 6.96. The summed E-state index contributed by atoms with van der Waals surface area (Å²) in [4.78, 5) is 11.3. The third-order valence-corrected chi connectivity index (χ3v) is 3.15. The van der Waals surface area contributed by atoms with Gasteiger partial charge in [-0.3, -0.25) is 4.98 Å². The van der Waals surface area contributed by atoms with E-state index in [1.807, 2.05) is 31.5 Å². The molecule has 0 bridgehead atoms. The topological polar surface area (TPSA) is 55.0 Å². The molecule has 0 aromatic carbocycles. The minimum atomic E-state index is 0.522. The summed E-state index contributed by atoms with van der Waals surface area (Å²) < 4.78 is 0. The number of nitrogens with two attached hydrogens (primary N) is 1. The summed E-state index contributed by atoms with van der Waals surface area (Å²) in [6.07, 6.45) is 6.17. The highest BCUT2D eigenvalue weighted by Crippen LogP contribution is 2.15. The van der Waals surface area contributed by atoms with Crippen molar-refractivity contribution in [1.29, 1.82) is 0 Å². The number of thiocarbonyl (C=S) groups is 1. The summed E-state index contributed by atoms with van der Waals surface area (Å²) in [6, 6.07) is 8.06. The Morgan fingerprint density at radius 1 is 1.30 bits per heavy atom. The van der Waals surface area contributed by atoms with Crippen LogP contribution in [0.3, 0.4) is 0 Å². The van der Waals surface area contributed by atoms with Crippen LogP contribution in [0.15, 0.2) is 42.9 Å². The lowest BCUT2D eigenvalue weighted by molar-refractivity contribution is 0.787. The van der Waals surface area contributed by atoms with Gasteiger partial charge >= 0.3 is 0 Å². The van der Waals surface area contributed by atoms with Crippen molar-refractivity contribution in [3.05, 3.63) is 54.0 Å².